The van der Waals surface area contributed by atoms with Crippen LogP contribution < -0.4 is 5.56 Å². The average Bonchev–Trinajstić information content (AvgIpc) is 3.38. The van der Waals surface area contributed by atoms with Crippen molar-refractivity contribution in [3.63, 3.8) is 0 Å². The highest BCUT2D eigenvalue weighted by molar-refractivity contribution is 7.89. The summed E-state index contributed by atoms with van der Waals surface area (Å²) in [5.74, 6) is -0.208. The predicted molar refractivity (Wildman–Crippen MR) is 120 cm³/mol. The molecular weight excluding hydrogens is 452 g/mol. The Morgan fingerprint density at radius 3 is 2.69 bits per heavy atom. The molecule has 0 spiro atoms. The van der Waals surface area contributed by atoms with Gasteiger partial charge >= 0.3 is 0 Å². The molecule has 4 aromatic rings. The lowest BCUT2D eigenvalue weighted by Crippen LogP contribution is -2.50. The molecule has 0 aromatic carbocycles. The second-order valence-corrected chi connectivity index (χ2v) is 10.6. The molecule has 166 valence electrons. The molecule has 0 unspecified atom stereocenters. The number of nitrogens with one attached hydrogen (secondary N) is 1. The van der Waals surface area contributed by atoms with E-state index in [1.54, 1.807) is 37.2 Å². The fraction of sp³-hybridized carbons (Fsp3) is 0.300. The number of carbonyl (C=O) groups excluding carboxylic acids is 1. The third kappa shape index (κ3) is 3.14. The number of nitrogens with zero attached hydrogens (tertiary/aromatic N) is 5. The van der Waals surface area contributed by atoms with Crippen molar-refractivity contribution >= 4 is 48.5 Å². The lowest BCUT2D eigenvalue weighted by molar-refractivity contribution is 0.0702. The summed E-state index contributed by atoms with van der Waals surface area (Å²) in [7, 11) is -2.10. The van der Waals surface area contributed by atoms with Crippen LogP contribution >= 0.6 is 11.3 Å². The summed E-state index contributed by atoms with van der Waals surface area (Å²) >= 11 is 1.20. The van der Waals surface area contributed by atoms with Crippen molar-refractivity contribution in [1.82, 2.24) is 28.7 Å². The van der Waals surface area contributed by atoms with Crippen LogP contribution in [0.4, 0.5) is 0 Å². The second-order valence-electron chi connectivity index (χ2n) is 7.65. The molecule has 0 aliphatic carbocycles. The summed E-state index contributed by atoms with van der Waals surface area (Å²) in [4.78, 5) is 39.7. The molecular formula is C20H20N6O4S2. The van der Waals surface area contributed by atoms with Crippen LogP contribution in [0.5, 0.6) is 0 Å². The van der Waals surface area contributed by atoms with Gasteiger partial charge in [-0.1, -0.05) is 0 Å². The highest BCUT2D eigenvalue weighted by atomic mass is 32.2. The van der Waals surface area contributed by atoms with Gasteiger partial charge in [0.15, 0.2) is 0 Å². The van der Waals surface area contributed by atoms with Crippen molar-refractivity contribution in [2.24, 2.45) is 7.05 Å². The van der Waals surface area contributed by atoms with Gasteiger partial charge < -0.3 is 14.5 Å². The first-order valence-corrected chi connectivity index (χ1v) is 12.2. The van der Waals surface area contributed by atoms with E-state index >= 15 is 0 Å². The summed E-state index contributed by atoms with van der Waals surface area (Å²) < 4.78 is 29.1. The standard InChI is InChI=1S/C20H20N6O4S2/c1-12-15-18(23-11-24(2)19(15)27)31-16(12)20(28)25-6-8-26(9-7-25)32(29,30)14-10-22-17-13(14)4-3-5-21-17/h3-5,10-11H,6-9H2,1-2H3,(H,21,22). The molecule has 0 radical (unpaired) electrons. The van der Waals surface area contributed by atoms with E-state index in [1.165, 1.54) is 32.7 Å². The maximum atomic E-state index is 13.2. The number of carbonyl (C=O) groups is 1. The van der Waals surface area contributed by atoms with Gasteiger partial charge in [-0.2, -0.15) is 4.31 Å². The predicted octanol–water partition coefficient (Wildman–Crippen LogP) is 1.33. The van der Waals surface area contributed by atoms with Crippen molar-refractivity contribution in [2.45, 2.75) is 11.8 Å². The Bertz CT molecular complexity index is 1530. The molecule has 0 bridgehead atoms. The molecule has 5 heterocycles. The number of sulfonamides is 1. The van der Waals surface area contributed by atoms with Crippen LogP contribution in [-0.4, -0.2) is 69.2 Å². The van der Waals surface area contributed by atoms with Crippen LogP contribution in [0.3, 0.4) is 0 Å². The number of aromatic amines is 1. The van der Waals surface area contributed by atoms with Crippen LogP contribution in [0.2, 0.25) is 0 Å². The Morgan fingerprint density at radius 1 is 1.19 bits per heavy atom. The number of H-pyrrole nitrogens is 1. The largest absolute Gasteiger partial charge is 0.345 e. The SMILES string of the molecule is Cc1c(C(=O)N2CCN(S(=O)(=O)c3c[nH]c4ncccc34)CC2)sc2ncn(C)c(=O)c12. The zero-order valence-electron chi connectivity index (χ0n) is 17.4. The molecule has 1 aliphatic rings. The lowest BCUT2D eigenvalue weighted by Gasteiger charge is -2.33. The Hall–Kier alpha value is -3.09. The van der Waals surface area contributed by atoms with E-state index in [9.17, 15) is 18.0 Å². The molecule has 4 aromatic heterocycles. The van der Waals surface area contributed by atoms with Gasteiger partial charge in [0.25, 0.3) is 11.5 Å². The van der Waals surface area contributed by atoms with E-state index in [1.807, 2.05) is 0 Å². The maximum absolute atomic E-state index is 13.2. The maximum Gasteiger partial charge on any atom is 0.264 e. The zero-order valence-corrected chi connectivity index (χ0v) is 19.0. The highest BCUT2D eigenvalue weighted by Gasteiger charge is 2.33. The molecule has 1 fully saturated rings. The smallest absolute Gasteiger partial charge is 0.264 e. The van der Waals surface area contributed by atoms with Crippen LogP contribution in [0.15, 0.2) is 40.5 Å². The average molecular weight is 473 g/mol. The van der Waals surface area contributed by atoms with Gasteiger partial charge in [0, 0.05) is 51.0 Å². The molecule has 1 saturated heterocycles. The van der Waals surface area contributed by atoms with Gasteiger partial charge in [-0.25, -0.2) is 18.4 Å². The van der Waals surface area contributed by atoms with Gasteiger partial charge in [0.2, 0.25) is 10.0 Å². The van der Waals surface area contributed by atoms with Gasteiger partial charge in [0.05, 0.1) is 16.6 Å². The molecule has 5 rings (SSSR count). The van der Waals surface area contributed by atoms with Gasteiger partial charge in [0.1, 0.15) is 15.4 Å². The Morgan fingerprint density at radius 2 is 1.94 bits per heavy atom. The minimum Gasteiger partial charge on any atom is -0.345 e. The number of thiophene rings is 1. The lowest BCUT2D eigenvalue weighted by atomic mass is 10.2. The second kappa shape index (κ2) is 7.50. The topological polar surface area (TPSA) is 121 Å². The number of aryl methyl sites for hydroxylation is 2. The first-order valence-electron chi connectivity index (χ1n) is 9.95. The number of fused-ring (bicyclic) bond motifs is 2. The van der Waals surface area contributed by atoms with Crippen molar-refractivity contribution in [3.05, 3.63) is 51.6 Å². The van der Waals surface area contributed by atoms with Gasteiger partial charge in [-0.15, -0.1) is 11.3 Å². The summed E-state index contributed by atoms with van der Waals surface area (Å²) in [6.07, 6.45) is 4.50. The number of rotatable bonds is 3. The number of hydrogen-bond donors (Lipinski definition) is 1. The fourth-order valence-electron chi connectivity index (χ4n) is 3.97. The fourth-order valence-corrected chi connectivity index (χ4v) is 6.65. The molecule has 0 atom stereocenters. The molecule has 12 heteroatoms. The number of aromatic nitrogens is 4. The van der Waals surface area contributed by atoms with E-state index < -0.39 is 10.0 Å². The third-order valence-electron chi connectivity index (χ3n) is 5.76. The minimum atomic E-state index is -3.73. The van der Waals surface area contributed by atoms with Gasteiger partial charge in [-0.3, -0.25) is 9.59 Å². The molecule has 1 amide bonds. The number of pyridine rings is 1. The molecule has 32 heavy (non-hydrogen) atoms. The molecule has 0 saturated carbocycles. The molecule has 1 aliphatic heterocycles. The Labute approximate surface area is 187 Å². The zero-order chi connectivity index (χ0) is 22.6. The van der Waals surface area contributed by atoms with E-state index in [0.717, 1.165) is 0 Å². The minimum absolute atomic E-state index is 0.183. The number of amides is 1. The van der Waals surface area contributed by atoms with E-state index in [2.05, 4.69) is 15.0 Å². The van der Waals surface area contributed by atoms with E-state index in [4.69, 9.17) is 0 Å². The summed E-state index contributed by atoms with van der Waals surface area (Å²) in [6.45, 7) is 2.65. The van der Waals surface area contributed by atoms with Gasteiger partial charge in [-0.05, 0) is 24.6 Å². The Balaban J connectivity index is 1.37. The highest BCUT2D eigenvalue weighted by Crippen LogP contribution is 2.29. The number of hydrogen-bond acceptors (Lipinski definition) is 7. The van der Waals surface area contributed by atoms with Crippen molar-refractivity contribution in [2.75, 3.05) is 26.2 Å². The first kappa shape index (κ1) is 20.8. The quantitative estimate of drug-likeness (QED) is 0.480. The summed E-state index contributed by atoms with van der Waals surface area (Å²) in [5, 5.41) is 0.999. The molecule has 10 nitrogen and oxygen atoms in total. The van der Waals surface area contributed by atoms with Crippen molar-refractivity contribution < 1.29 is 13.2 Å². The summed E-state index contributed by atoms with van der Waals surface area (Å²) in [6, 6.07) is 3.41. The van der Waals surface area contributed by atoms with Crippen molar-refractivity contribution in [1.29, 1.82) is 0 Å². The van der Waals surface area contributed by atoms with Crippen LogP contribution in [-0.2, 0) is 17.1 Å². The summed E-state index contributed by atoms with van der Waals surface area (Å²) in [5.41, 5.74) is 0.942. The first-order chi connectivity index (χ1) is 15.3. The molecule has 1 N–H and O–H groups in total. The van der Waals surface area contributed by atoms with E-state index in [0.29, 0.717) is 31.7 Å². The van der Waals surface area contributed by atoms with Crippen molar-refractivity contribution in [3.8, 4) is 0 Å². The van der Waals surface area contributed by atoms with Crippen LogP contribution in [0, 0.1) is 6.92 Å². The van der Waals surface area contributed by atoms with E-state index in [-0.39, 0.29) is 42.5 Å². The monoisotopic (exact) mass is 472 g/mol. The van der Waals surface area contributed by atoms with Crippen LogP contribution in [0.1, 0.15) is 15.2 Å². The number of piperazine rings is 1. The third-order valence-corrected chi connectivity index (χ3v) is 8.89. The normalized spacial score (nSPS) is 15.6. The Kier molecular flexibility index (Phi) is 4.87. The van der Waals surface area contributed by atoms with Crippen LogP contribution in [0.25, 0.3) is 21.3 Å².